The average molecular weight is 276 g/mol. The van der Waals surface area contributed by atoms with Crippen LogP contribution >= 0.6 is 0 Å². The second-order valence-corrected chi connectivity index (χ2v) is 5.64. The molecule has 1 aromatic carbocycles. The van der Waals surface area contributed by atoms with E-state index in [4.69, 9.17) is 4.74 Å². The number of likely N-dealkylation sites (N-methyl/N-ethyl adjacent to an activating group) is 2. The number of nitrogens with zero attached hydrogens (tertiary/aromatic N) is 1. The molecule has 3 nitrogen and oxygen atoms in total. The lowest BCUT2D eigenvalue weighted by molar-refractivity contribution is 0.189. The molecule has 0 radical (unpaired) electrons. The number of hydrogen-bond acceptors (Lipinski definition) is 3. The highest BCUT2D eigenvalue weighted by Gasteiger charge is 2.24. The van der Waals surface area contributed by atoms with E-state index < -0.39 is 0 Å². The first-order valence-electron chi connectivity index (χ1n) is 7.83. The minimum Gasteiger partial charge on any atom is -0.497 e. The van der Waals surface area contributed by atoms with E-state index in [-0.39, 0.29) is 0 Å². The number of rotatable bonds is 7. The quantitative estimate of drug-likeness (QED) is 0.827. The molecule has 0 saturated heterocycles. The summed E-state index contributed by atoms with van der Waals surface area (Å²) < 4.78 is 5.34. The topological polar surface area (TPSA) is 24.5 Å². The van der Waals surface area contributed by atoms with Crippen LogP contribution in [-0.4, -0.2) is 38.2 Å². The molecule has 20 heavy (non-hydrogen) atoms. The Morgan fingerprint density at radius 2 is 2.10 bits per heavy atom. The zero-order valence-corrected chi connectivity index (χ0v) is 13.1. The van der Waals surface area contributed by atoms with Crippen molar-refractivity contribution in [3.63, 3.8) is 0 Å². The van der Waals surface area contributed by atoms with E-state index in [0.29, 0.717) is 6.04 Å². The van der Waals surface area contributed by atoms with Gasteiger partial charge in [0.05, 0.1) is 7.11 Å². The summed E-state index contributed by atoms with van der Waals surface area (Å²) in [5.74, 6) is 0.937. The van der Waals surface area contributed by atoms with Gasteiger partial charge in [-0.25, -0.2) is 0 Å². The summed E-state index contributed by atoms with van der Waals surface area (Å²) in [6, 6.07) is 9.55. The smallest absolute Gasteiger partial charge is 0.119 e. The molecule has 0 bridgehead atoms. The molecule has 1 atom stereocenters. The van der Waals surface area contributed by atoms with Crippen molar-refractivity contribution in [2.75, 3.05) is 27.2 Å². The molecule has 1 aliphatic carbocycles. The third kappa shape index (κ3) is 3.74. The molecule has 0 aromatic heterocycles. The van der Waals surface area contributed by atoms with Gasteiger partial charge >= 0.3 is 0 Å². The van der Waals surface area contributed by atoms with Crippen LogP contribution in [0.4, 0.5) is 0 Å². The number of ether oxygens (including phenoxy) is 1. The Kier molecular flexibility index (Phi) is 5.86. The first kappa shape index (κ1) is 15.3. The van der Waals surface area contributed by atoms with Crippen LogP contribution in [-0.2, 0) is 0 Å². The maximum absolute atomic E-state index is 5.34. The Labute approximate surface area is 123 Å². The molecule has 1 fully saturated rings. The number of methoxy groups -OCH3 is 1. The summed E-state index contributed by atoms with van der Waals surface area (Å²) in [5, 5.41) is 3.46. The molecule has 0 spiro atoms. The van der Waals surface area contributed by atoms with Gasteiger partial charge in [0, 0.05) is 18.6 Å². The lowest BCUT2D eigenvalue weighted by Crippen LogP contribution is -2.39. The highest BCUT2D eigenvalue weighted by atomic mass is 16.5. The third-order valence-corrected chi connectivity index (χ3v) is 4.51. The number of benzene rings is 1. The van der Waals surface area contributed by atoms with Gasteiger partial charge in [-0.05, 0) is 44.1 Å². The van der Waals surface area contributed by atoms with E-state index in [1.807, 2.05) is 13.1 Å². The van der Waals surface area contributed by atoms with Crippen LogP contribution in [0, 0.1) is 0 Å². The molecule has 2 rings (SSSR count). The molecule has 3 heteroatoms. The fourth-order valence-electron chi connectivity index (χ4n) is 3.26. The Hall–Kier alpha value is -1.06. The van der Waals surface area contributed by atoms with Gasteiger partial charge in [-0.15, -0.1) is 0 Å². The lowest BCUT2D eigenvalue weighted by atomic mass is 10.0. The normalized spacial score (nSPS) is 17.6. The van der Waals surface area contributed by atoms with Gasteiger partial charge in [0.2, 0.25) is 0 Å². The van der Waals surface area contributed by atoms with Gasteiger partial charge < -0.3 is 10.1 Å². The fraction of sp³-hybridized carbons (Fsp3) is 0.647. The van der Waals surface area contributed by atoms with Crippen LogP contribution in [0.5, 0.6) is 5.75 Å². The fourth-order valence-corrected chi connectivity index (χ4v) is 3.26. The molecule has 0 amide bonds. The van der Waals surface area contributed by atoms with Crippen LogP contribution in [0.1, 0.15) is 44.2 Å². The van der Waals surface area contributed by atoms with E-state index >= 15 is 0 Å². The summed E-state index contributed by atoms with van der Waals surface area (Å²) in [5.41, 5.74) is 1.31. The van der Waals surface area contributed by atoms with Crippen LogP contribution < -0.4 is 10.1 Å². The number of hydrogen-bond donors (Lipinski definition) is 1. The van der Waals surface area contributed by atoms with Crippen LogP contribution in [0.25, 0.3) is 0 Å². The Balaban J connectivity index is 2.06. The average Bonchev–Trinajstić information content (AvgIpc) is 3.03. The molecular weight excluding hydrogens is 248 g/mol. The largest absolute Gasteiger partial charge is 0.497 e. The van der Waals surface area contributed by atoms with Gasteiger partial charge in [-0.2, -0.15) is 0 Å². The van der Waals surface area contributed by atoms with Crippen molar-refractivity contribution in [1.29, 1.82) is 0 Å². The van der Waals surface area contributed by atoms with Crippen molar-refractivity contribution >= 4 is 0 Å². The molecule has 0 heterocycles. The van der Waals surface area contributed by atoms with E-state index in [9.17, 15) is 0 Å². The van der Waals surface area contributed by atoms with Crippen molar-refractivity contribution < 1.29 is 4.74 Å². The Bertz CT molecular complexity index is 402. The van der Waals surface area contributed by atoms with E-state index in [0.717, 1.165) is 24.9 Å². The van der Waals surface area contributed by atoms with Crippen LogP contribution in [0.2, 0.25) is 0 Å². The Morgan fingerprint density at radius 3 is 2.70 bits per heavy atom. The van der Waals surface area contributed by atoms with Crippen molar-refractivity contribution in [2.24, 2.45) is 0 Å². The van der Waals surface area contributed by atoms with Gasteiger partial charge in [-0.3, -0.25) is 4.90 Å². The van der Waals surface area contributed by atoms with Gasteiger partial charge in [0.1, 0.15) is 5.75 Å². The molecule has 1 aliphatic rings. The van der Waals surface area contributed by atoms with E-state index in [2.05, 4.69) is 35.3 Å². The minimum absolute atomic E-state index is 0.366. The highest BCUT2D eigenvalue weighted by molar-refractivity contribution is 5.30. The lowest BCUT2D eigenvalue weighted by Gasteiger charge is -2.31. The minimum atomic E-state index is 0.366. The number of nitrogens with one attached hydrogen (secondary N) is 1. The van der Waals surface area contributed by atoms with E-state index in [1.54, 1.807) is 7.11 Å². The first-order valence-corrected chi connectivity index (χ1v) is 7.83. The monoisotopic (exact) mass is 276 g/mol. The maximum atomic E-state index is 5.34. The van der Waals surface area contributed by atoms with Crippen molar-refractivity contribution in [3.8, 4) is 5.75 Å². The van der Waals surface area contributed by atoms with Crippen molar-refractivity contribution in [3.05, 3.63) is 29.8 Å². The predicted octanol–water partition coefficient (Wildman–Crippen LogP) is 3.22. The van der Waals surface area contributed by atoms with Gasteiger partial charge in [0.15, 0.2) is 0 Å². The summed E-state index contributed by atoms with van der Waals surface area (Å²) in [6.07, 6.45) is 5.51. The maximum Gasteiger partial charge on any atom is 0.119 e. The zero-order valence-electron chi connectivity index (χ0n) is 13.1. The summed E-state index contributed by atoms with van der Waals surface area (Å²) in [4.78, 5) is 2.63. The second kappa shape index (κ2) is 7.65. The highest BCUT2D eigenvalue weighted by Crippen LogP contribution is 2.26. The Morgan fingerprint density at radius 1 is 1.35 bits per heavy atom. The molecule has 0 aliphatic heterocycles. The zero-order chi connectivity index (χ0) is 14.4. The summed E-state index contributed by atoms with van der Waals surface area (Å²) in [6.45, 7) is 4.48. The van der Waals surface area contributed by atoms with Crippen LogP contribution in [0.15, 0.2) is 24.3 Å². The van der Waals surface area contributed by atoms with Crippen molar-refractivity contribution in [1.82, 2.24) is 10.2 Å². The van der Waals surface area contributed by atoms with Crippen molar-refractivity contribution in [2.45, 2.75) is 44.7 Å². The standard InChI is InChI=1S/C17H28N2O/c1-4-19(15-9-5-6-10-15)13-17(18-2)14-8-7-11-16(12-14)20-3/h7-8,11-12,15,17-18H,4-6,9-10,13H2,1-3H3. The molecule has 1 unspecified atom stereocenters. The first-order chi connectivity index (χ1) is 9.78. The summed E-state index contributed by atoms with van der Waals surface area (Å²) in [7, 11) is 3.77. The van der Waals surface area contributed by atoms with Gasteiger partial charge in [-0.1, -0.05) is 31.9 Å². The molecular formula is C17H28N2O. The second-order valence-electron chi connectivity index (χ2n) is 5.64. The molecule has 1 saturated carbocycles. The molecule has 112 valence electrons. The molecule has 1 aromatic rings. The third-order valence-electron chi connectivity index (χ3n) is 4.51. The SMILES string of the molecule is CCN(CC(NC)c1cccc(OC)c1)C1CCCC1. The predicted molar refractivity (Wildman–Crippen MR) is 84.3 cm³/mol. The summed E-state index contributed by atoms with van der Waals surface area (Å²) >= 11 is 0. The van der Waals surface area contributed by atoms with Crippen LogP contribution in [0.3, 0.4) is 0 Å². The van der Waals surface area contributed by atoms with Gasteiger partial charge in [0.25, 0.3) is 0 Å². The van der Waals surface area contributed by atoms with E-state index in [1.165, 1.54) is 31.2 Å². The molecule has 1 N–H and O–H groups in total.